The van der Waals surface area contributed by atoms with Crippen LogP contribution in [0, 0.1) is 0 Å². The monoisotopic (exact) mass is 370 g/mol. The summed E-state index contributed by atoms with van der Waals surface area (Å²) in [5.41, 5.74) is 2.78. The summed E-state index contributed by atoms with van der Waals surface area (Å²) in [4.78, 5) is 26.9. The Morgan fingerprint density at radius 1 is 1.31 bits per heavy atom. The van der Waals surface area contributed by atoms with Gasteiger partial charge in [-0.1, -0.05) is 29.8 Å². The van der Waals surface area contributed by atoms with Gasteiger partial charge in [0.05, 0.1) is 16.9 Å². The summed E-state index contributed by atoms with van der Waals surface area (Å²) in [6.45, 7) is 2.65. The first-order valence-electron chi connectivity index (χ1n) is 8.71. The molecule has 0 radical (unpaired) electrons. The lowest BCUT2D eigenvalue weighted by molar-refractivity contribution is -0.117. The fourth-order valence-electron chi connectivity index (χ4n) is 3.65. The number of benzene rings is 2. The molecule has 0 aliphatic carbocycles. The Morgan fingerprint density at radius 3 is 2.92 bits per heavy atom. The minimum Gasteiger partial charge on any atom is -0.454 e. The number of esters is 1. The average Bonchev–Trinajstić information content (AvgIpc) is 3.12. The molecule has 2 aromatic rings. The molecule has 4 rings (SSSR count). The number of fused-ring (bicyclic) bond motifs is 3. The smallest absolute Gasteiger partial charge is 0.338 e. The van der Waals surface area contributed by atoms with Gasteiger partial charge in [0.2, 0.25) is 5.91 Å². The molecule has 0 spiro atoms. The molecule has 0 saturated carbocycles. The number of halogens is 1. The lowest BCUT2D eigenvalue weighted by Gasteiger charge is -2.33. The second-order valence-corrected chi connectivity index (χ2v) is 7.05. The third kappa shape index (κ3) is 2.92. The van der Waals surface area contributed by atoms with E-state index in [1.165, 1.54) is 0 Å². The number of amides is 1. The molecule has 1 saturated heterocycles. The van der Waals surface area contributed by atoms with Crippen LogP contribution in [0.1, 0.15) is 41.8 Å². The predicted octanol–water partition coefficient (Wildman–Crippen LogP) is 4.18. The molecule has 0 aromatic heterocycles. The van der Waals surface area contributed by atoms with E-state index in [-0.39, 0.29) is 11.9 Å². The summed E-state index contributed by atoms with van der Waals surface area (Å²) >= 11 is 6.17. The van der Waals surface area contributed by atoms with Crippen molar-refractivity contribution in [1.29, 1.82) is 0 Å². The van der Waals surface area contributed by atoms with Crippen LogP contribution in [0.3, 0.4) is 0 Å². The Bertz CT molecular complexity index is 883. The minimum absolute atomic E-state index is 0.00930. The van der Waals surface area contributed by atoms with Crippen LogP contribution in [0.15, 0.2) is 42.5 Å². The number of anilines is 2. The summed E-state index contributed by atoms with van der Waals surface area (Å²) in [5.74, 6) is -0.456. The van der Waals surface area contributed by atoms with Gasteiger partial charge in [-0.2, -0.15) is 0 Å². The summed E-state index contributed by atoms with van der Waals surface area (Å²) in [5, 5.41) is 3.47. The molecule has 26 heavy (non-hydrogen) atoms. The molecule has 0 unspecified atom stereocenters. The molecule has 0 bridgehead atoms. The Kier molecular flexibility index (Phi) is 4.32. The average molecular weight is 371 g/mol. The highest BCUT2D eigenvalue weighted by Crippen LogP contribution is 2.37. The normalized spacial score (nSPS) is 19.4. The molecule has 5 nitrogen and oxygen atoms in total. The Hall–Kier alpha value is -2.53. The lowest BCUT2D eigenvalue weighted by atomic mass is 10.1. The van der Waals surface area contributed by atoms with Crippen LogP contribution in [0.5, 0.6) is 0 Å². The topological polar surface area (TPSA) is 58.6 Å². The Balaban J connectivity index is 1.55. The zero-order valence-corrected chi connectivity index (χ0v) is 15.1. The minimum atomic E-state index is -0.468. The van der Waals surface area contributed by atoms with E-state index in [1.54, 1.807) is 25.1 Å². The van der Waals surface area contributed by atoms with E-state index < -0.39 is 12.1 Å². The van der Waals surface area contributed by atoms with Gasteiger partial charge < -0.3 is 15.0 Å². The standard InChI is InChI=1S/C20H19ClN2O3/c1-12(14-5-2-3-6-15(14)21)26-20(25)13-8-9-17-16(11-13)22-19(24)18-7-4-10-23(17)18/h2-3,5-6,8-9,11-12,18H,4,7,10H2,1H3,(H,22,24)/t12-,18+/m1/s1. The second-order valence-electron chi connectivity index (χ2n) is 6.64. The quantitative estimate of drug-likeness (QED) is 0.823. The molecule has 2 aliphatic rings. The van der Waals surface area contributed by atoms with Gasteiger partial charge in [-0.25, -0.2) is 4.79 Å². The zero-order valence-electron chi connectivity index (χ0n) is 14.4. The number of rotatable bonds is 3. The second kappa shape index (κ2) is 6.65. The number of carbonyl (C=O) groups excluding carboxylic acids is 2. The molecule has 2 aliphatic heterocycles. The number of carbonyl (C=O) groups is 2. The van der Waals surface area contributed by atoms with E-state index in [0.717, 1.165) is 30.6 Å². The molecular weight excluding hydrogens is 352 g/mol. The van der Waals surface area contributed by atoms with Crippen molar-refractivity contribution in [3.05, 3.63) is 58.6 Å². The first kappa shape index (κ1) is 16.9. The summed E-state index contributed by atoms with van der Waals surface area (Å²) < 4.78 is 5.56. The van der Waals surface area contributed by atoms with Crippen LogP contribution >= 0.6 is 11.6 Å². The van der Waals surface area contributed by atoms with E-state index in [1.807, 2.05) is 24.3 Å². The first-order chi connectivity index (χ1) is 12.5. The molecule has 2 atom stereocenters. The molecule has 6 heteroatoms. The largest absolute Gasteiger partial charge is 0.454 e. The van der Waals surface area contributed by atoms with Crippen molar-refractivity contribution >= 4 is 34.9 Å². The van der Waals surface area contributed by atoms with Gasteiger partial charge in [0.25, 0.3) is 0 Å². The number of hydrogen-bond acceptors (Lipinski definition) is 4. The van der Waals surface area contributed by atoms with Crippen molar-refractivity contribution in [3.8, 4) is 0 Å². The number of nitrogens with one attached hydrogen (secondary N) is 1. The highest BCUT2D eigenvalue weighted by molar-refractivity contribution is 6.31. The van der Waals surface area contributed by atoms with E-state index in [4.69, 9.17) is 16.3 Å². The van der Waals surface area contributed by atoms with Crippen LogP contribution in [0.25, 0.3) is 0 Å². The van der Waals surface area contributed by atoms with Crippen LogP contribution < -0.4 is 10.2 Å². The first-order valence-corrected chi connectivity index (χ1v) is 9.09. The molecule has 1 amide bonds. The number of ether oxygens (including phenoxy) is 1. The maximum atomic E-state index is 12.5. The van der Waals surface area contributed by atoms with Gasteiger partial charge in [0.15, 0.2) is 0 Å². The fourth-order valence-corrected chi connectivity index (χ4v) is 3.94. The Labute approximate surface area is 156 Å². The summed E-state index contributed by atoms with van der Waals surface area (Å²) in [6, 6.07) is 12.5. The Morgan fingerprint density at radius 2 is 2.12 bits per heavy atom. The van der Waals surface area contributed by atoms with Crippen molar-refractivity contribution in [2.24, 2.45) is 0 Å². The van der Waals surface area contributed by atoms with E-state index in [0.29, 0.717) is 16.3 Å². The van der Waals surface area contributed by atoms with E-state index in [2.05, 4.69) is 10.2 Å². The summed E-state index contributed by atoms with van der Waals surface area (Å²) in [7, 11) is 0. The van der Waals surface area contributed by atoms with Crippen LogP contribution in [-0.2, 0) is 9.53 Å². The molecule has 2 heterocycles. The predicted molar refractivity (Wildman–Crippen MR) is 101 cm³/mol. The van der Waals surface area contributed by atoms with Gasteiger partial charge >= 0.3 is 5.97 Å². The van der Waals surface area contributed by atoms with Gasteiger partial charge in [0.1, 0.15) is 12.1 Å². The molecule has 2 aromatic carbocycles. The van der Waals surface area contributed by atoms with Crippen molar-refractivity contribution in [1.82, 2.24) is 0 Å². The number of hydrogen-bond donors (Lipinski definition) is 1. The van der Waals surface area contributed by atoms with Crippen LogP contribution in [0.4, 0.5) is 11.4 Å². The molecule has 134 valence electrons. The maximum absolute atomic E-state index is 12.5. The van der Waals surface area contributed by atoms with Crippen molar-refractivity contribution < 1.29 is 14.3 Å². The molecular formula is C20H19ClN2O3. The molecule has 1 N–H and O–H groups in total. The van der Waals surface area contributed by atoms with Gasteiger partial charge in [-0.05, 0) is 44.0 Å². The van der Waals surface area contributed by atoms with Gasteiger partial charge in [-0.15, -0.1) is 0 Å². The third-order valence-corrected chi connectivity index (χ3v) is 5.33. The van der Waals surface area contributed by atoms with Crippen molar-refractivity contribution in [2.75, 3.05) is 16.8 Å². The van der Waals surface area contributed by atoms with Crippen molar-refractivity contribution in [2.45, 2.75) is 31.9 Å². The van der Waals surface area contributed by atoms with Crippen molar-refractivity contribution in [3.63, 3.8) is 0 Å². The third-order valence-electron chi connectivity index (χ3n) is 4.98. The SMILES string of the molecule is C[C@@H](OC(=O)c1ccc2c(c1)NC(=O)[C@@H]1CCCN21)c1ccccc1Cl. The highest BCUT2D eigenvalue weighted by atomic mass is 35.5. The van der Waals surface area contributed by atoms with E-state index in [9.17, 15) is 9.59 Å². The van der Waals surface area contributed by atoms with Gasteiger partial charge in [0, 0.05) is 17.1 Å². The maximum Gasteiger partial charge on any atom is 0.338 e. The highest BCUT2D eigenvalue weighted by Gasteiger charge is 2.36. The van der Waals surface area contributed by atoms with Crippen LogP contribution in [0.2, 0.25) is 5.02 Å². The van der Waals surface area contributed by atoms with E-state index >= 15 is 0 Å². The fraction of sp³-hybridized carbons (Fsp3) is 0.300. The number of nitrogens with zero attached hydrogens (tertiary/aromatic N) is 1. The molecule has 1 fully saturated rings. The lowest BCUT2D eigenvalue weighted by Crippen LogP contribution is -2.43. The zero-order chi connectivity index (χ0) is 18.3. The summed E-state index contributed by atoms with van der Waals surface area (Å²) in [6.07, 6.45) is 1.39. The van der Waals surface area contributed by atoms with Gasteiger partial charge in [-0.3, -0.25) is 4.79 Å². The van der Waals surface area contributed by atoms with Crippen LogP contribution in [-0.4, -0.2) is 24.5 Å².